The van der Waals surface area contributed by atoms with E-state index in [4.69, 9.17) is 5.73 Å². The van der Waals surface area contributed by atoms with Crippen molar-refractivity contribution in [3.63, 3.8) is 0 Å². The molecule has 2 aliphatic rings. The summed E-state index contributed by atoms with van der Waals surface area (Å²) in [6.07, 6.45) is 7.52. The van der Waals surface area contributed by atoms with Gasteiger partial charge < -0.3 is 15.6 Å². The predicted molar refractivity (Wildman–Crippen MR) is 65.5 cm³/mol. The fraction of sp³-hybridized carbons (Fsp3) is 0.615. The number of nitrogens with two attached hydrogens (primary N) is 1. The molecule has 1 heterocycles. The molecule has 92 valence electrons. The highest BCUT2D eigenvalue weighted by atomic mass is 16.2. The quantitative estimate of drug-likeness (QED) is 0.821. The van der Waals surface area contributed by atoms with Gasteiger partial charge in [-0.25, -0.2) is 0 Å². The summed E-state index contributed by atoms with van der Waals surface area (Å²) >= 11 is 0. The van der Waals surface area contributed by atoms with E-state index in [0.29, 0.717) is 12.6 Å². The Morgan fingerprint density at radius 2 is 2.29 bits per heavy atom. The molecule has 0 spiro atoms. The Morgan fingerprint density at radius 1 is 1.47 bits per heavy atom. The van der Waals surface area contributed by atoms with E-state index in [2.05, 4.69) is 16.0 Å². The monoisotopic (exact) mass is 233 g/mol. The molecular formula is C13H19N3O. The molecule has 0 saturated heterocycles. The minimum Gasteiger partial charge on any atom is -0.352 e. The largest absolute Gasteiger partial charge is 0.352 e. The smallest absolute Gasteiger partial charge is 0.240 e. The van der Waals surface area contributed by atoms with E-state index in [1.165, 1.54) is 11.3 Å². The summed E-state index contributed by atoms with van der Waals surface area (Å²) in [5, 5.41) is 3.02. The molecule has 0 bridgehead atoms. The molecule has 0 aliphatic heterocycles. The third-order valence-electron chi connectivity index (χ3n) is 3.70. The average molecular weight is 233 g/mol. The van der Waals surface area contributed by atoms with E-state index in [9.17, 15) is 4.79 Å². The normalized spacial score (nSPS) is 23.2. The fourth-order valence-corrected chi connectivity index (χ4v) is 2.60. The van der Waals surface area contributed by atoms with Gasteiger partial charge in [-0.15, -0.1) is 0 Å². The number of hydrogen-bond acceptors (Lipinski definition) is 2. The second-order valence-electron chi connectivity index (χ2n) is 5.19. The van der Waals surface area contributed by atoms with Gasteiger partial charge in [0.25, 0.3) is 0 Å². The number of nitrogens with one attached hydrogen (secondary N) is 1. The number of rotatable bonds is 3. The summed E-state index contributed by atoms with van der Waals surface area (Å²) < 4.78 is 2.06. The highest BCUT2D eigenvalue weighted by Gasteiger charge is 2.24. The van der Waals surface area contributed by atoms with Crippen molar-refractivity contribution in [1.29, 1.82) is 0 Å². The van der Waals surface area contributed by atoms with Crippen molar-refractivity contribution in [1.82, 2.24) is 9.88 Å². The topological polar surface area (TPSA) is 60.0 Å². The molecule has 1 fully saturated rings. The summed E-state index contributed by atoms with van der Waals surface area (Å²) in [7, 11) is 0. The number of carbonyl (C=O) groups excluding carboxylic acids is 1. The fourth-order valence-electron chi connectivity index (χ4n) is 2.60. The van der Waals surface area contributed by atoms with Crippen molar-refractivity contribution in [3.8, 4) is 0 Å². The highest BCUT2D eigenvalue weighted by molar-refractivity contribution is 5.76. The van der Waals surface area contributed by atoms with Gasteiger partial charge in [-0.2, -0.15) is 0 Å². The molecule has 1 amide bonds. The summed E-state index contributed by atoms with van der Waals surface area (Å²) in [4.78, 5) is 11.8. The van der Waals surface area contributed by atoms with Crippen LogP contribution in [0.25, 0.3) is 0 Å². The average Bonchev–Trinajstić information content (AvgIpc) is 3.00. The van der Waals surface area contributed by atoms with E-state index in [1.54, 1.807) is 0 Å². The molecule has 1 atom stereocenters. The van der Waals surface area contributed by atoms with Crippen molar-refractivity contribution in [2.24, 2.45) is 5.73 Å². The third kappa shape index (κ3) is 2.22. The lowest BCUT2D eigenvalue weighted by Crippen LogP contribution is -2.30. The number of amides is 1. The molecule has 1 aromatic heterocycles. The van der Waals surface area contributed by atoms with Gasteiger partial charge in [0.1, 0.15) is 6.54 Å². The second kappa shape index (κ2) is 4.18. The SMILES string of the molecule is NC1CCCc2c1ccn2CC(=O)NC1CC1. The maximum absolute atomic E-state index is 11.8. The van der Waals surface area contributed by atoms with Crippen LogP contribution in [0.3, 0.4) is 0 Å². The molecule has 0 radical (unpaired) electrons. The Kier molecular flexibility index (Phi) is 2.67. The van der Waals surface area contributed by atoms with E-state index in [-0.39, 0.29) is 11.9 Å². The zero-order chi connectivity index (χ0) is 11.8. The standard InChI is InChI=1S/C13H19N3O/c14-11-2-1-3-12-10(11)6-7-16(12)8-13(17)15-9-4-5-9/h6-7,9,11H,1-5,8,14H2,(H,15,17). The zero-order valence-electron chi connectivity index (χ0n) is 9.98. The number of aromatic nitrogens is 1. The van der Waals surface area contributed by atoms with Crippen LogP contribution in [-0.2, 0) is 17.8 Å². The molecule has 17 heavy (non-hydrogen) atoms. The van der Waals surface area contributed by atoms with Gasteiger partial charge in [0, 0.05) is 24.0 Å². The van der Waals surface area contributed by atoms with Gasteiger partial charge in [-0.3, -0.25) is 4.79 Å². The Labute approximate surface area is 101 Å². The van der Waals surface area contributed by atoms with Gasteiger partial charge in [-0.05, 0) is 43.7 Å². The lowest BCUT2D eigenvalue weighted by Gasteiger charge is -2.20. The van der Waals surface area contributed by atoms with Gasteiger partial charge in [0.15, 0.2) is 0 Å². The zero-order valence-corrected chi connectivity index (χ0v) is 9.98. The van der Waals surface area contributed by atoms with Crippen LogP contribution in [0.2, 0.25) is 0 Å². The Bertz CT molecular complexity index is 434. The van der Waals surface area contributed by atoms with Crippen molar-refractivity contribution in [2.75, 3.05) is 0 Å². The van der Waals surface area contributed by atoms with E-state index in [0.717, 1.165) is 32.1 Å². The van der Waals surface area contributed by atoms with Crippen LogP contribution in [0.15, 0.2) is 12.3 Å². The summed E-state index contributed by atoms with van der Waals surface area (Å²) in [5.41, 5.74) is 8.56. The van der Waals surface area contributed by atoms with Crippen molar-refractivity contribution in [2.45, 2.75) is 50.7 Å². The van der Waals surface area contributed by atoms with Crippen LogP contribution in [0.4, 0.5) is 0 Å². The van der Waals surface area contributed by atoms with Gasteiger partial charge in [-0.1, -0.05) is 0 Å². The second-order valence-corrected chi connectivity index (χ2v) is 5.19. The van der Waals surface area contributed by atoms with E-state index >= 15 is 0 Å². The number of carbonyl (C=O) groups is 1. The first kappa shape index (κ1) is 10.8. The van der Waals surface area contributed by atoms with Crippen molar-refractivity contribution >= 4 is 5.91 Å². The van der Waals surface area contributed by atoms with Crippen molar-refractivity contribution < 1.29 is 4.79 Å². The summed E-state index contributed by atoms with van der Waals surface area (Å²) in [6, 6.07) is 2.67. The van der Waals surface area contributed by atoms with Crippen LogP contribution < -0.4 is 11.1 Å². The Balaban J connectivity index is 1.72. The maximum atomic E-state index is 11.8. The van der Waals surface area contributed by atoms with E-state index in [1.807, 2.05) is 6.20 Å². The van der Waals surface area contributed by atoms with Gasteiger partial charge in [0.05, 0.1) is 0 Å². The highest BCUT2D eigenvalue weighted by Crippen LogP contribution is 2.28. The Hall–Kier alpha value is -1.29. The molecule has 1 aromatic rings. The number of fused-ring (bicyclic) bond motifs is 1. The minimum absolute atomic E-state index is 0.130. The summed E-state index contributed by atoms with van der Waals surface area (Å²) in [5.74, 6) is 0.130. The lowest BCUT2D eigenvalue weighted by molar-refractivity contribution is -0.121. The first-order valence-corrected chi connectivity index (χ1v) is 6.47. The van der Waals surface area contributed by atoms with Crippen LogP contribution in [0.5, 0.6) is 0 Å². The van der Waals surface area contributed by atoms with Gasteiger partial charge in [0.2, 0.25) is 5.91 Å². The van der Waals surface area contributed by atoms with Crippen LogP contribution in [0, 0.1) is 0 Å². The van der Waals surface area contributed by atoms with Crippen LogP contribution in [-0.4, -0.2) is 16.5 Å². The van der Waals surface area contributed by atoms with Gasteiger partial charge >= 0.3 is 0 Å². The molecule has 3 rings (SSSR count). The Morgan fingerprint density at radius 3 is 3.06 bits per heavy atom. The number of nitrogens with zero attached hydrogens (tertiary/aromatic N) is 1. The van der Waals surface area contributed by atoms with E-state index < -0.39 is 0 Å². The molecule has 3 N–H and O–H groups in total. The molecular weight excluding hydrogens is 214 g/mol. The molecule has 1 unspecified atom stereocenters. The minimum atomic E-state index is 0.130. The molecule has 1 saturated carbocycles. The lowest BCUT2D eigenvalue weighted by atomic mass is 9.94. The summed E-state index contributed by atoms with van der Waals surface area (Å²) in [6.45, 7) is 0.443. The molecule has 4 nitrogen and oxygen atoms in total. The maximum Gasteiger partial charge on any atom is 0.240 e. The molecule has 0 aromatic carbocycles. The van der Waals surface area contributed by atoms with Crippen LogP contribution >= 0.6 is 0 Å². The first-order chi connectivity index (χ1) is 8.24. The predicted octanol–water partition coefficient (Wildman–Crippen LogP) is 1.10. The van der Waals surface area contributed by atoms with Crippen LogP contribution in [0.1, 0.15) is 43.0 Å². The molecule has 2 aliphatic carbocycles. The van der Waals surface area contributed by atoms with Crippen molar-refractivity contribution in [3.05, 3.63) is 23.5 Å². The third-order valence-corrected chi connectivity index (χ3v) is 3.70. The number of hydrogen-bond donors (Lipinski definition) is 2. The molecule has 4 heteroatoms. The first-order valence-electron chi connectivity index (χ1n) is 6.47.